The molecule has 26 heavy (non-hydrogen) atoms. The van der Waals surface area contributed by atoms with Crippen LogP contribution >= 0.6 is 0 Å². The summed E-state index contributed by atoms with van der Waals surface area (Å²) in [5.74, 6) is 7.03. The van der Waals surface area contributed by atoms with Gasteiger partial charge in [0.05, 0.1) is 13.2 Å². The Morgan fingerprint density at radius 3 is 3.04 bits per heavy atom. The number of esters is 1. The van der Waals surface area contributed by atoms with Crippen LogP contribution in [0.2, 0.25) is 0 Å². The number of nitrogens with zero attached hydrogens (tertiary/aromatic N) is 1. The minimum absolute atomic E-state index is 0.223. The van der Waals surface area contributed by atoms with Crippen LogP contribution in [0, 0.1) is 11.8 Å². The largest absolute Gasteiger partial charge is 0.497 e. The molecule has 0 aliphatic carbocycles. The number of piperidine rings is 1. The minimum atomic E-state index is -0.608. The number of rotatable bonds is 1. The summed E-state index contributed by atoms with van der Waals surface area (Å²) in [6.07, 6.45) is 7.19. The molecule has 0 spiro atoms. The maximum atomic E-state index is 12.1. The van der Waals surface area contributed by atoms with E-state index in [0.717, 1.165) is 42.0 Å². The molecule has 4 heteroatoms. The van der Waals surface area contributed by atoms with Crippen LogP contribution in [0.3, 0.4) is 0 Å². The first kappa shape index (κ1) is 16.9. The highest BCUT2D eigenvalue weighted by Crippen LogP contribution is 2.42. The van der Waals surface area contributed by atoms with Gasteiger partial charge in [-0.2, -0.15) is 0 Å². The second-order valence-corrected chi connectivity index (χ2v) is 7.19. The lowest BCUT2D eigenvalue weighted by atomic mass is 9.81. The monoisotopic (exact) mass is 349 g/mol. The van der Waals surface area contributed by atoms with Gasteiger partial charge in [0.15, 0.2) is 5.60 Å². The Labute approximate surface area is 154 Å². The van der Waals surface area contributed by atoms with E-state index in [4.69, 9.17) is 9.47 Å². The molecule has 0 N–H and O–H groups in total. The molecule has 3 aliphatic heterocycles. The number of hydrogen-bond acceptors (Lipinski definition) is 4. The first-order valence-electron chi connectivity index (χ1n) is 9.16. The van der Waals surface area contributed by atoms with E-state index < -0.39 is 5.60 Å². The van der Waals surface area contributed by atoms with E-state index in [-0.39, 0.29) is 12.0 Å². The van der Waals surface area contributed by atoms with Crippen LogP contribution < -0.4 is 4.74 Å². The molecule has 0 bridgehead atoms. The molecular formula is C22H23NO3. The van der Waals surface area contributed by atoms with Crippen molar-refractivity contribution >= 4 is 5.97 Å². The molecule has 4 nitrogen and oxygen atoms in total. The van der Waals surface area contributed by atoms with Crippen molar-refractivity contribution in [1.82, 2.24) is 4.90 Å². The number of ether oxygens (including phenoxy) is 2. The van der Waals surface area contributed by atoms with E-state index in [1.807, 2.05) is 31.2 Å². The Morgan fingerprint density at radius 1 is 1.31 bits per heavy atom. The van der Waals surface area contributed by atoms with Crippen molar-refractivity contribution in [3.8, 4) is 17.6 Å². The fraction of sp³-hybridized carbons (Fsp3) is 0.409. The van der Waals surface area contributed by atoms with Gasteiger partial charge in [0.1, 0.15) is 5.75 Å². The molecule has 3 aliphatic rings. The summed E-state index contributed by atoms with van der Waals surface area (Å²) in [5.41, 5.74) is 2.10. The van der Waals surface area contributed by atoms with Crippen LogP contribution in [-0.2, 0) is 9.53 Å². The summed E-state index contributed by atoms with van der Waals surface area (Å²) >= 11 is 0. The Bertz CT molecular complexity index is 858. The molecule has 0 unspecified atom stereocenters. The molecule has 0 amide bonds. The van der Waals surface area contributed by atoms with Gasteiger partial charge in [-0.25, -0.2) is 4.79 Å². The average molecular weight is 349 g/mol. The van der Waals surface area contributed by atoms with E-state index in [1.165, 1.54) is 12.8 Å². The summed E-state index contributed by atoms with van der Waals surface area (Å²) in [6, 6.07) is 7.92. The number of methoxy groups -OCH3 is 1. The Kier molecular flexibility index (Phi) is 4.34. The number of hydrogen-bond donors (Lipinski definition) is 0. The summed E-state index contributed by atoms with van der Waals surface area (Å²) in [6.45, 7) is 3.93. The molecule has 0 radical (unpaired) electrons. The van der Waals surface area contributed by atoms with Crippen molar-refractivity contribution < 1.29 is 14.3 Å². The number of fused-ring (bicyclic) bond motifs is 3. The van der Waals surface area contributed by atoms with Gasteiger partial charge < -0.3 is 9.47 Å². The fourth-order valence-electron chi connectivity index (χ4n) is 4.26. The third-order valence-electron chi connectivity index (χ3n) is 5.59. The van der Waals surface area contributed by atoms with E-state index in [1.54, 1.807) is 13.2 Å². The Morgan fingerprint density at radius 2 is 2.19 bits per heavy atom. The first-order valence-corrected chi connectivity index (χ1v) is 9.16. The van der Waals surface area contributed by atoms with Crippen molar-refractivity contribution in [3.05, 3.63) is 53.1 Å². The molecule has 1 saturated heterocycles. The average Bonchev–Trinajstić information content (AvgIpc) is 2.92. The molecule has 134 valence electrons. The van der Waals surface area contributed by atoms with Crippen molar-refractivity contribution in [1.29, 1.82) is 0 Å². The van der Waals surface area contributed by atoms with Crippen molar-refractivity contribution in [2.75, 3.05) is 20.2 Å². The van der Waals surface area contributed by atoms with Crippen LogP contribution in [0.1, 0.15) is 31.7 Å². The molecule has 0 saturated carbocycles. The lowest BCUT2D eigenvalue weighted by molar-refractivity contribution is -0.150. The highest BCUT2D eigenvalue weighted by atomic mass is 16.6. The molecule has 1 aromatic carbocycles. The van der Waals surface area contributed by atoms with Crippen LogP contribution in [0.15, 0.2) is 47.6 Å². The highest BCUT2D eigenvalue weighted by molar-refractivity contribution is 5.89. The zero-order chi connectivity index (χ0) is 18.1. The SMILES string of the molecule is COc1cccc(C#CC2=CCN3CCCC[C@@H]3[C@@]3(C)OC(=O)C=C23)c1. The number of benzene rings is 1. The van der Waals surface area contributed by atoms with Gasteiger partial charge in [0, 0.05) is 29.3 Å². The van der Waals surface area contributed by atoms with Crippen LogP contribution in [0.4, 0.5) is 0 Å². The predicted octanol–water partition coefficient (Wildman–Crippen LogP) is 3.08. The first-order chi connectivity index (χ1) is 12.6. The van der Waals surface area contributed by atoms with E-state index in [2.05, 4.69) is 22.8 Å². The van der Waals surface area contributed by atoms with Gasteiger partial charge in [-0.3, -0.25) is 4.90 Å². The summed E-state index contributed by atoms with van der Waals surface area (Å²) in [7, 11) is 1.65. The standard InChI is InChI=1S/C22H23NO3/c1-22-19(15-21(24)26-22)17(11-13-23-12-4-3-8-20(22)23)10-9-16-6-5-7-18(14-16)25-2/h5-7,11,14-15,20H,3-4,8,12-13H2,1-2H3/t20-,22+/m1/s1. The number of carbonyl (C=O) groups is 1. The maximum absolute atomic E-state index is 12.1. The van der Waals surface area contributed by atoms with Crippen LogP contribution in [0.25, 0.3) is 0 Å². The summed E-state index contributed by atoms with van der Waals surface area (Å²) in [4.78, 5) is 14.5. The van der Waals surface area contributed by atoms with Gasteiger partial charge in [-0.1, -0.05) is 30.4 Å². The van der Waals surface area contributed by atoms with Gasteiger partial charge in [0.2, 0.25) is 0 Å². The van der Waals surface area contributed by atoms with Gasteiger partial charge in [-0.05, 0) is 44.5 Å². The van der Waals surface area contributed by atoms with E-state index in [9.17, 15) is 4.79 Å². The Balaban J connectivity index is 1.71. The zero-order valence-corrected chi connectivity index (χ0v) is 15.2. The molecule has 0 aromatic heterocycles. The molecule has 3 heterocycles. The molecule has 1 aromatic rings. The zero-order valence-electron chi connectivity index (χ0n) is 15.2. The molecule has 4 rings (SSSR count). The van der Waals surface area contributed by atoms with Gasteiger partial charge in [0.25, 0.3) is 0 Å². The van der Waals surface area contributed by atoms with Crippen molar-refractivity contribution in [2.24, 2.45) is 0 Å². The minimum Gasteiger partial charge on any atom is -0.497 e. The summed E-state index contributed by atoms with van der Waals surface area (Å²) < 4.78 is 11.1. The van der Waals surface area contributed by atoms with Crippen LogP contribution in [0.5, 0.6) is 5.75 Å². The fourth-order valence-corrected chi connectivity index (χ4v) is 4.26. The second-order valence-electron chi connectivity index (χ2n) is 7.19. The molecular weight excluding hydrogens is 326 g/mol. The van der Waals surface area contributed by atoms with E-state index in [0.29, 0.717) is 0 Å². The third kappa shape index (κ3) is 2.93. The smallest absolute Gasteiger partial charge is 0.332 e. The highest BCUT2D eigenvalue weighted by Gasteiger charge is 2.50. The van der Waals surface area contributed by atoms with Crippen molar-refractivity contribution in [3.63, 3.8) is 0 Å². The maximum Gasteiger partial charge on any atom is 0.332 e. The topological polar surface area (TPSA) is 38.8 Å². The predicted molar refractivity (Wildman–Crippen MR) is 99.7 cm³/mol. The van der Waals surface area contributed by atoms with Gasteiger partial charge >= 0.3 is 5.97 Å². The normalized spacial score (nSPS) is 27.8. The van der Waals surface area contributed by atoms with Crippen molar-refractivity contribution in [2.45, 2.75) is 37.8 Å². The number of carbonyl (C=O) groups excluding carboxylic acids is 1. The van der Waals surface area contributed by atoms with Crippen LogP contribution in [-0.4, -0.2) is 42.7 Å². The molecule has 1 fully saturated rings. The third-order valence-corrected chi connectivity index (χ3v) is 5.59. The molecule has 2 atom stereocenters. The summed E-state index contributed by atoms with van der Waals surface area (Å²) in [5, 5.41) is 0. The van der Waals surface area contributed by atoms with Gasteiger partial charge in [-0.15, -0.1) is 0 Å². The lowest BCUT2D eigenvalue weighted by Crippen LogP contribution is -2.53. The second kappa shape index (κ2) is 6.66. The lowest BCUT2D eigenvalue weighted by Gasteiger charge is -2.43. The Hall–Kier alpha value is -2.51. The van der Waals surface area contributed by atoms with E-state index >= 15 is 0 Å². The quantitative estimate of drug-likeness (QED) is 0.577.